The average Bonchev–Trinajstić information content (AvgIpc) is 3.21. The molecule has 0 aliphatic carbocycles. The Kier molecular flexibility index (Phi) is 4.12. The molecule has 1 saturated heterocycles. The van der Waals surface area contributed by atoms with E-state index in [1.165, 1.54) is 0 Å². The lowest BCUT2D eigenvalue weighted by atomic mass is 10.1. The van der Waals surface area contributed by atoms with Crippen LogP contribution >= 0.6 is 11.6 Å². The fraction of sp³-hybridized carbons (Fsp3) is 0.211. The second-order valence-electron chi connectivity index (χ2n) is 6.45. The predicted molar refractivity (Wildman–Crippen MR) is 101 cm³/mol. The largest absolute Gasteiger partial charge is 0.326 e. The second kappa shape index (κ2) is 6.46. The quantitative estimate of drug-likeness (QED) is 0.742. The van der Waals surface area contributed by atoms with Gasteiger partial charge in [0.15, 0.2) is 5.82 Å². The third kappa shape index (κ3) is 2.93. The van der Waals surface area contributed by atoms with Gasteiger partial charge in [0.2, 0.25) is 11.8 Å². The molecule has 0 radical (unpaired) electrons. The van der Waals surface area contributed by atoms with Crippen LogP contribution in [-0.2, 0) is 9.59 Å². The van der Waals surface area contributed by atoms with Crippen molar-refractivity contribution >= 4 is 45.8 Å². The first-order chi connectivity index (χ1) is 12.5. The van der Waals surface area contributed by atoms with Crippen molar-refractivity contribution in [3.05, 3.63) is 53.1 Å². The van der Waals surface area contributed by atoms with E-state index in [1.54, 1.807) is 17.0 Å². The molecule has 7 heteroatoms. The first kappa shape index (κ1) is 16.6. The number of aromatic amines is 1. The van der Waals surface area contributed by atoms with Crippen molar-refractivity contribution < 1.29 is 9.59 Å². The van der Waals surface area contributed by atoms with Crippen LogP contribution in [0.3, 0.4) is 0 Å². The number of hydrogen-bond donors (Lipinski definition) is 2. The number of H-pyrrole nitrogens is 1. The van der Waals surface area contributed by atoms with Crippen LogP contribution in [0.25, 0.3) is 10.9 Å². The van der Waals surface area contributed by atoms with Crippen LogP contribution in [0.4, 0.5) is 11.5 Å². The third-order valence-corrected chi connectivity index (χ3v) is 5.05. The van der Waals surface area contributed by atoms with Crippen molar-refractivity contribution in [1.82, 2.24) is 10.2 Å². The van der Waals surface area contributed by atoms with Gasteiger partial charge in [0.05, 0.1) is 11.4 Å². The molecular weight excluding hydrogens is 352 g/mol. The molecule has 2 N–H and O–H groups in total. The van der Waals surface area contributed by atoms with E-state index in [4.69, 9.17) is 11.6 Å². The Morgan fingerprint density at radius 3 is 2.92 bits per heavy atom. The Bertz CT molecular complexity index is 1010. The number of aryl methyl sites for hydroxylation is 1. The topological polar surface area (TPSA) is 78.1 Å². The Morgan fingerprint density at radius 1 is 1.31 bits per heavy atom. The standard InChI is InChI=1S/C19H17ClN4O2/c1-11-6-7-13(9-15(11)20)21-19(26)12-8-17(25)24(10-12)18-14-4-2-3-5-16(14)22-23-18/h2-7,9,12H,8,10H2,1H3,(H,21,26)(H,22,23)/t12-/m1/s1. The van der Waals surface area contributed by atoms with Crippen molar-refractivity contribution in [2.24, 2.45) is 5.92 Å². The zero-order chi connectivity index (χ0) is 18.3. The lowest BCUT2D eigenvalue weighted by Gasteiger charge is -2.14. The summed E-state index contributed by atoms with van der Waals surface area (Å²) in [6.07, 6.45) is 0.159. The molecule has 2 heterocycles. The van der Waals surface area contributed by atoms with Gasteiger partial charge in [-0.3, -0.25) is 19.6 Å². The van der Waals surface area contributed by atoms with Crippen LogP contribution in [-0.4, -0.2) is 28.6 Å². The maximum Gasteiger partial charge on any atom is 0.229 e. The summed E-state index contributed by atoms with van der Waals surface area (Å²) in [4.78, 5) is 26.6. The summed E-state index contributed by atoms with van der Waals surface area (Å²) >= 11 is 6.10. The molecule has 26 heavy (non-hydrogen) atoms. The number of amides is 2. The highest BCUT2D eigenvalue weighted by molar-refractivity contribution is 6.31. The fourth-order valence-electron chi connectivity index (χ4n) is 3.16. The number of nitrogens with one attached hydrogen (secondary N) is 2. The highest BCUT2D eigenvalue weighted by Crippen LogP contribution is 2.30. The number of benzene rings is 2. The van der Waals surface area contributed by atoms with Gasteiger partial charge in [-0.15, -0.1) is 0 Å². The normalized spacial score (nSPS) is 17.1. The van der Waals surface area contributed by atoms with Crippen LogP contribution in [0.1, 0.15) is 12.0 Å². The van der Waals surface area contributed by atoms with Gasteiger partial charge in [-0.05, 0) is 36.8 Å². The molecule has 132 valence electrons. The van der Waals surface area contributed by atoms with E-state index in [1.807, 2.05) is 37.3 Å². The van der Waals surface area contributed by atoms with Gasteiger partial charge in [0.25, 0.3) is 0 Å². The number of aromatic nitrogens is 2. The molecule has 2 amide bonds. The number of anilines is 2. The number of carbonyl (C=O) groups excluding carboxylic acids is 2. The van der Waals surface area contributed by atoms with E-state index < -0.39 is 5.92 Å². The number of carbonyl (C=O) groups is 2. The molecule has 1 aromatic heterocycles. The minimum atomic E-state index is -0.432. The SMILES string of the molecule is Cc1ccc(NC(=O)[C@@H]2CC(=O)N(c3n[nH]c4ccccc34)C2)cc1Cl. The summed E-state index contributed by atoms with van der Waals surface area (Å²) in [7, 11) is 0. The maximum atomic E-state index is 12.6. The first-order valence-corrected chi connectivity index (χ1v) is 8.71. The molecule has 0 saturated carbocycles. The minimum absolute atomic E-state index is 0.107. The number of hydrogen-bond acceptors (Lipinski definition) is 3. The summed E-state index contributed by atoms with van der Waals surface area (Å²) in [5.74, 6) is -0.165. The third-order valence-electron chi connectivity index (χ3n) is 4.64. The predicted octanol–water partition coefficient (Wildman–Crippen LogP) is 3.52. The number of rotatable bonds is 3. The molecule has 0 spiro atoms. The van der Waals surface area contributed by atoms with E-state index in [0.29, 0.717) is 23.1 Å². The van der Waals surface area contributed by atoms with Gasteiger partial charge in [0.1, 0.15) is 0 Å². The number of para-hydroxylation sites is 1. The molecule has 0 unspecified atom stereocenters. The fourth-order valence-corrected chi connectivity index (χ4v) is 3.34. The first-order valence-electron chi connectivity index (χ1n) is 8.33. The van der Waals surface area contributed by atoms with E-state index in [0.717, 1.165) is 16.5 Å². The van der Waals surface area contributed by atoms with Crippen molar-refractivity contribution in [3.8, 4) is 0 Å². The lowest BCUT2D eigenvalue weighted by molar-refractivity contribution is -0.122. The molecule has 3 aromatic rings. The van der Waals surface area contributed by atoms with Gasteiger partial charge in [-0.2, -0.15) is 5.10 Å². The van der Waals surface area contributed by atoms with Gasteiger partial charge < -0.3 is 5.32 Å². The summed E-state index contributed by atoms with van der Waals surface area (Å²) in [5, 5.41) is 11.5. The van der Waals surface area contributed by atoms with E-state index in [-0.39, 0.29) is 18.2 Å². The highest BCUT2D eigenvalue weighted by Gasteiger charge is 2.36. The van der Waals surface area contributed by atoms with Crippen LogP contribution in [0.5, 0.6) is 0 Å². The molecule has 4 rings (SSSR count). The van der Waals surface area contributed by atoms with Crippen molar-refractivity contribution in [2.45, 2.75) is 13.3 Å². The van der Waals surface area contributed by atoms with Gasteiger partial charge >= 0.3 is 0 Å². The lowest BCUT2D eigenvalue weighted by Crippen LogP contribution is -2.28. The molecule has 1 fully saturated rings. The van der Waals surface area contributed by atoms with Crippen molar-refractivity contribution in [3.63, 3.8) is 0 Å². The minimum Gasteiger partial charge on any atom is -0.326 e. The van der Waals surface area contributed by atoms with E-state index in [2.05, 4.69) is 15.5 Å². The highest BCUT2D eigenvalue weighted by atomic mass is 35.5. The monoisotopic (exact) mass is 368 g/mol. The van der Waals surface area contributed by atoms with Gasteiger partial charge in [0, 0.05) is 29.1 Å². The Balaban J connectivity index is 1.52. The molecule has 0 bridgehead atoms. The molecule has 2 aromatic carbocycles. The van der Waals surface area contributed by atoms with Gasteiger partial charge in [-0.25, -0.2) is 0 Å². The molecule has 1 atom stereocenters. The second-order valence-corrected chi connectivity index (χ2v) is 6.86. The van der Waals surface area contributed by atoms with Crippen LogP contribution in [0, 0.1) is 12.8 Å². The van der Waals surface area contributed by atoms with E-state index in [9.17, 15) is 9.59 Å². The van der Waals surface area contributed by atoms with Crippen LogP contribution < -0.4 is 10.2 Å². The smallest absolute Gasteiger partial charge is 0.229 e. The summed E-state index contributed by atoms with van der Waals surface area (Å²) in [6, 6.07) is 13.0. The number of fused-ring (bicyclic) bond motifs is 1. The van der Waals surface area contributed by atoms with Crippen LogP contribution in [0.15, 0.2) is 42.5 Å². The van der Waals surface area contributed by atoms with Gasteiger partial charge in [-0.1, -0.05) is 29.8 Å². The maximum absolute atomic E-state index is 12.6. The summed E-state index contributed by atoms with van der Waals surface area (Å²) in [5.41, 5.74) is 2.43. The Labute approximate surface area is 155 Å². The van der Waals surface area contributed by atoms with Crippen molar-refractivity contribution in [2.75, 3.05) is 16.8 Å². The molecule has 6 nitrogen and oxygen atoms in total. The Morgan fingerprint density at radius 2 is 2.12 bits per heavy atom. The number of halogens is 1. The zero-order valence-corrected chi connectivity index (χ0v) is 14.9. The Hall–Kier alpha value is -2.86. The molecule has 1 aliphatic heterocycles. The summed E-state index contributed by atoms with van der Waals surface area (Å²) < 4.78 is 0. The van der Waals surface area contributed by atoms with E-state index >= 15 is 0 Å². The number of nitrogens with zero attached hydrogens (tertiary/aromatic N) is 2. The van der Waals surface area contributed by atoms with Crippen LogP contribution in [0.2, 0.25) is 5.02 Å². The average molecular weight is 369 g/mol. The molecule has 1 aliphatic rings. The summed E-state index contributed by atoms with van der Waals surface area (Å²) in [6.45, 7) is 2.20. The zero-order valence-electron chi connectivity index (χ0n) is 14.1. The molecular formula is C19H17ClN4O2. The van der Waals surface area contributed by atoms with Crippen molar-refractivity contribution in [1.29, 1.82) is 0 Å².